The lowest BCUT2D eigenvalue weighted by Crippen LogP contribution is -2.34. The molecule has 6 heteroatoms. The van der Waals surface area contributed by atoms with Crippen LogP contribution in [0.15, 0.2) is 48.5 Å². The quantitative estimate of drug-likeness (QED) is 0.810. The average molecular weight is 316 g/mol. The van der Waals surface area contributed by atoms with Gasteiger partial charge in [-0.05, 0) is 35.9 Å². The fourth-order valence-electron chi connectivity index (χ4n) is 1.92. The number of aliphatic hydroxyl groups excluding tert-OH is 1. The van der Waals surface area contributed by atoms with E-state index in [1.807, 2.05) is 6.07 Å². The zero-order chi connectivity index (χ0) is 15.9. The molecule has 5 nitrogen and oxygen atoms in total. The lowest BCUT2D eigenvalue weighted by molar-refractivity contribution is 0.225. The van der Waals surface area contributed by atoms with Crippen LogP contribution in [0.5, 0.6) is 0 Å². The molecule has 0 saturated heterocycles. The molecule has 0 spiro atoms. The van der Waals surface area contributed by atoms with E-state index in [1.165, 1.54) is 0 Å². The van der Waals surface area contributed by atoms with Crippen molar-refractivity contribution in [3.05, 3.63) is 64.7 Å². The number of nitrogens with zero attached hydrogens (tertiary/aromatic N) is 1. The van der Waals surface area contributed by atoms with Gasteiger partial charge >= 0.3 is 6.03 Å². The molecule has 0 aliphatic rings. The largest absolute Gasteiger partial charge is 0.394 e. The number of hydrogen-bond donors (Lipinski definition) is 3. The summed E-state index contributed by atoms with van der Waals surface area (Å²) in [7, 11) is 0. The molecule has 2 rings (SSSR count). The van der Waals surface area contributed by atoms with Gasteiger partial charge in [-0.3, -0.25) is 0 Å². The average Bonchev–Trinajstić information content (AvgIpc) is 2.53. The molecule has 1 atom stereocenters. The van der Waals surface area contributed by atoms with Gasteiger partial charge in [0, 0.05) is 10.7 Å². The molecule has 112 valence electrons. The van der Waals surface area contributed by atoms with Crippen LogP contribution in [0.2, 0.25) is 5.02 Å². The van der Waals surface area contributed by atoms with E-state index in [2.05, 4.69) is 10.6 Å². The van der Waals surface area contributed by atoms with Crippen molar-refractivity contribution in [3.8, 4) is 6.07 Å². The Morgan fingerprint density at radius 3 is 2.64 bits per heavy atom. The van der Waals surface area contributed by atoms with Gasteiger partial charge in [-0.2, -0.15) is 5.26 Å². The van der Waals surface area contributed by atoms with Crippen LogP contribution >= 0.6 is 11.6 Å². The highest BCUT2D eigenvalue weighted by Crippen LogP contribution is 2.17. The van der Waals surface area contributed by atoms with E-state index in [9.17, 15) is 9.90 Å². The van der Waals surface area contributed by atoms with Crippen molar-refractivity contribution in [3.63, 3.8) is 0 Å². The van der Waals surface area contributed by atoms with E-state index >= 15 is 0 Å². The van der Waals surface area contributed by atoms with E-state index in [4.69, 9.17) is 16.9 Å². The van der Waals surface area contributed by atoms with E-state index in [0.29, 0.717) is 16.3 Å². The van der Waals surface area contributed by atoms with E-state index in [1.54, 1.807) is 48.5 Å². The molecule has 0 aliphatic heterocycles. The second kappa shape index (κ2) is 7.46. The highest BCUT2D eigenvalue weighted by atomic mass is 35.5. The first kappa shape index (κ1) is 15.8. The van der Waals surface area contributed by atoms with Gasteiger partial charge in [-0.1, -0.05) is 29.8 Å². The summed E-state index contributed by atoms with van der Waals surface area (Å²) in [4.78, 5) is 12.0. The fourth-order valence-corrected chi connectivity index (χ4v) is 2.05. The van der Waals surface area contributed by atoms with Gasteiger partial charge in [0.15, 0.2) is 0 Å². The minimum atomic E-state index is -0.545. The molecule has 2 aromatic carbocycles. The molecule has 3 N–H and O–H groups in total. The molecule has 0 aliphatic carbocycles. The standard InChI is InChI=1S/C16H14ClN3O2/c17-13-6-4-12(5-7-13)15(10-21)20-16(22)19-14-3-1-2-11(8-14)9-18/h1-8,15,21H,10H2,(H2,19,20,22). The first-order valence-electron chi connectivity index (χ1n) is 6.56. The van der Waals surface area contributed by atoms with Crippen molar-refractivity contribution in [2.75, 3.05) is 11.9 Å². The molecule has 2 amide bonds. The Morgan fingerprint density at radius 2 is 2.00 bits per heavy atom. The van der Waals surface area contributed by atoms with Gasteiger partial charge < -0.3 is 15.7 Å². The van der Waals surface area contributed by atoms with Crippen molar-refractivity contribution in [2.24, 2.45) is 0 Å². The predicted octanol–water partition coefficient (Wildman–Crippen LogP) is 3.07. The Kier molecular flexibility index (Phi) is 5.37. The van der Waals surface area contributed by atoms with Crippen molar-refractivity contribution in [1.29, 1.82) is 5.26 Å². The zero-order valence-electron chi connectivity index (χ0n) is 11.6. The molecule has 0 heterocycles. The summed E-state index contributed by atoms with van der Waals surface area (Å²) >= 11 is 5.81. The topological polar surface area (TPSA) is 85.2 Å². The summed E-state index contributed by atoms with van der Waals surface area (Å²) in [5.74, 6) is 0. The Bertz CT molecular complexity index is 695. The highest BCUT2D eigenvalue weighted by molar-refractivity contribution is 6.30. The van der Waals surface area contributed by atoms with Crippen LogP contribution in [0, 0.1) is 11.3 Å². The predicted molar refractivity (Wildman–Crippen MR) is 84.6 cm³/mol. The first-order chi connectivity index (χ1) is 10.6. The number of anilines is 1. The number of rotatable bonds is 4. The molecular formula is C16H14ClN3O2. The van der Waals surface area contributed by atoms with Gasteiger partial charge in [0.25, 0.3) is 0 Å². The number of nitriles is 1. The Hall–Kier alpha value is -2.55. The van der Waals surface area contributed by atoms with Crippen LogP contribution < -0.4 is 10.6 Å². The monoisotopic (exact) mass is 315 g/mol. The smallest absolute Gasteiger partial charge is 0.319 e. The molecule has 0 bridgehead atoms. The maximum atomic E-state index is 12.0. The lowest BCUT2D eigenvalue weighted by atomic mass is 10.1. The Labute approximate surface area is 133 Å². The van der Waals surface area contributed by atoms with Crippen molar-refractivity contribution in [1.82, 2.24) is 5.32 Å². The van der Waals surface area contributed by atoms with Crippen LogP contribution in [-0.4, -0.2) is 17.7 Å². The summed E-state index contributed by atoms with van der Waals surface area (Å²) in [5, 5.41) is 24.1. The zero-order valence-corrected chi connectivity index (χ0v) is 12.3. The second-order valence-corrected chi connectivity index (χ2v) is 5.01. The number of benzene rings is 2. The SMILES string of the molecule is N#Cc1cccc(NC(=O)NC(CO)c2ccc(Cl)cc2)c1. The summed E-state index contributed by atoms with van der Waals surface area (Å²) in [5.41, 5.74) is 1.70. The van der Waals surface area contributed by atoms with Crippen molar-refractivity contribution < 1.29 is 9.90 Å². The molecule has 2 aromatic rings. The number of nitrogens with one attached hydrogen (secondary N) is 2. The lowest BCUT2D eigenvalue weighted by Gasteiger charge is -2.17. The van der Waals surface area contributed by atoms with Crippen LogP contribution in [0.3, 0.4) is 0 Å². The Balaban J connectivity index is 2.03. The fraction of sp³-hybridized carbons (Fsp3) is 0.125. The van der Waals surface area contributed by atoms with Gasteiger partial charge in [0.05, 0.1) is 24.3 Å². The van der Waals surface area contributed by atoms with E-state index in [0.717, 1.165) is 5.56 Å². The van der Waals surface area contributed by atoms with Crippen LogP contribution in [0.25, 0.3) is 0 Å². The number of carbonyl (C=O) groups is 1. The maximum absolute atomic E-state index is 12.0. The van der Waals surface area contributed by atoms with Gasteiger partial charge in [-0.15, -0.1) is 0 Å². The number of halogens is 1. The van der Waals surface area contributed by atoms with Crippen LogP contribution in [0.1, 0.15) is 17.2 Å². The van der Waals surface area contributed by atoms with E-state index < -0.39 is 12.1 Å². The molecule has 22 heavy (non-hydrogen) atoms. The second-order valence-electron chi connectivity index (χ2n) is 4.58. The van der Waals surface area contributed by atoms with Gasteiger partial charge in [0.1, 0.15) is 0 Å². The van der Waals surface area contributed by atoms with Crippen LogP contribution in [-0.2, 0) is 0 Å². The molecule has 1 unspecified atom stereocenters. The maximum Gasteiger partial charge on any atom is 0.319 e. The first-order valence-corrected chi connectivity index (χ1v) is 6.94. The number of amides is 2. The third-order valence-electron chi connectivity index (χ3n) is 3.01. The normalized spacial score (nSPS) is 11.3. The number of hydrogen-bond acceptors (Lipinski definition) is 3. The third-order valence-corrected chi connectivity index (χ3v) is 3.26. The Morgan fingerprint density at radius 1 is 1.27 bits per heavy atom. The number of aliphatic hydroxyl groups is 1. The minimum Gasteiger partial charge on any atom is -0.394 e. The number of carbonyl (C=O) groups excluding carboxylic acids is 1. The molecule has 0 aromatic heterocycles. The molecule has 0 fully saturated rings. The van der Waals surface area contributed by atoms with E-state index in [-0.39, 0.29) is 6.61 Å². The van der Waals surface area contributed by atoms with Crippen LogP contribution in [0.4, 0.5) is 10.5 Å². The summed E-state index contributed by atoms with van der Waals surface area (Å²) in [6, 6.07) is 14.4. The summed E-state index contributed by atoms with van der Waals surface area (Å²) in [6.07, 6.45) is 0. The van der Waals surface area contributed by atoms with Crippen molar-refractivity contribution in [2.45, 2.75) is 6.04 Å². The highest BCUT2D eigenvalue weighted by Gasteiger charge is 2.13. The summed E-state index contributed by atoms with van der Waals surface area (Å²) < 4.78 is 0. The van der Waals surface area contributed by atoms with Gasteiger partial charge in [-0.25, -0.2) is 4.79 Å². The van der Waals surface area contributed by atoms with Gasteiger partial charge in [0.2, 0.25) is 0 Å². The molecular weight excluding hydrogens is 302 g/mol. The minimum absolute atomic E-state index is 0.243. The molecule has 0 radical (unpaired) electrons. The third kappa shape index (κ3) is 4.22. The number of urea groups is 1. The van der Waals surface area contributed by atoms with Crippen molar-refractivity contribution >= 4 is 23.3 Å². The molecule has 0 saturated carbocycles. The summed E-state index contributed by atoms with van der Waals surface area (Å²) in [6.45, 7) is -0.243.